The van der Waals surface area contributed by atoms with Crippen LogP contribution in [0.2, 0.25) is 0 Å². The van der Waals surface area contributed by atoms with Crippen molar-refractivity contribution in [1.82, 2.24) is 0 Å². The van der Waals surface area contributed by atoms with Crippen molar-refractivity contribution in [2.45, 2.75) is 20.3 Å². The van der Waals surface area contributed by atoms with Gasteiger partial charge in [0.05, 0.1) is 0 Å². The van der Waals surface area contributed by atoms with E-state index in [9.17, 15) is 4.79 Å². The lowest BCUT2D eigenvalue weighted by Crippen LogP contribution is -2.40. The first-order chi connectivity index (χ1) is 7.11. The van der Waals surface area contributed by atoms with E-state index < -0.39 is 0 Å². The molecule has 1 aliphatic rings. The lowest BCUT2D eigenvalue weighted by atomic mass is 9.84. The van der Waals surface area contributed by atoms with Crippen LogP contribution in [-0.2, 0) is 11.2 Å². The van der Waals surface area contributed by atoms with Crippen molar-refractivity contribution in [3.05, 3.63) is 29.8 Å². The van der Waals surface area contributed by atoms with E-state index in [0.717, 1.165) is 12.1 Å². The highest BCUT2D eigenvalue weighted by Gasteiger charge is 2.31. The van der Waals surface area contributed by atoms with Crippen molar-refractivity contribution in [1.29, 1.82) is 0 Å². The van der Waals surface area contributed by atoms with E-state index in [0.29, 0.717) is 5.92 Å². The molecule has 0 radical (unpaired) electrons. The van der Waals surface area contributed by atoms with Gasteiger partial charge < -0.3 is 4.90 Å². The number of carbonyl (C=O) groups excluding carboxylic acids is 1. The standard InChI is InChI=1S/C13H17NO/c1-9(2)11-8-10-6-4-5-7-12(10)14(3)13(11)15/h4-7,9,11H,8H2,1-3H3. The molecule has 80 valence electrons. The molecule has 1 atom stereocenters. The van der Waals surface area contributed by atoms with Gasteiger partial charge in [-0.05, 0) is 24.0 Å². The van der Waals surface area contributed by atoms with Crippen LogP contribution in [0.5, 0.6) is 0 Å². The molecule has 1 aromatic rings. The van der Waals surface area contributed by atoms with Gasteiger partial charge in [0.25, 0.3) is 0 Å². The van der Waals surface area contributed by atoms with Gasteiger partial charge in [-0.2, -0.15) is 0 Å². The fraction of sp³-hybridized carbons (Fsp3) is 0.462. The number of hydrogen-bond donors (Lipinski definition) is 0. The molecule has 2 nitrogen and oxygen atoms in total. The van der Waals surface area contributed by atoms with E-state index in [4.69, 9.17) is 0 Å². The number of anilines is 1. The molecule has 2 heteroatoms. The maximum absolute atomic E-state index is 12.1. The molecular weight excluding hydrogens is 186 g/mol. The van der Waals surface area contributed by atoms with Gasteiger partial charge in [-0.1, -0.05) is 32.0 Å². The Morgan fingerprint density at radius 2 is 2.00 bits per heavy atom. The van der Waals surface area contributed by atoms with Crippen LogP contribution < -0.4 is 4.90 Å². The molecule has 1 heterocycles. The third-order valence-corrected chi connectivity index (χ3v) is 3.25. The number of amides is 1. The maximum Gasteiger partial charge on any atom is 0.230 e. The van der Waals surface area contributed by atoms with Crippen LogP contribution in [0.15, 0.2) is 24.3 Å². The van der Waals surface area contributed by atoms with Gasteiger partial charge in [-0.3, -0.25) is 4.79 Å². The first-order valence-corrected chi connectivity index (χ1v) is 5.46. The first kappa shape index (κ1) is 10.2. The van der Waals surface area contributed by atoms with Crippen LogP contribution >= 0.6 is 0 Å². The van der Waals surface area contributed by atoms with Crippen molar-refractivity contribution < 1.29 is 4.79 Å². The Bertz CT molecular complexity index is 384. The predicted molar refractivity (Wildman–Crippen MR) is 61.9 cm³/mol. The highest BCUT2D eigenvalue weighted by Crippen LogP contribution is 2.32. The molecule has 0 aromatic heterocycles. The van der Waals surface area contributed by atoms with Crippen molar-refractivity contribution >= 4 is 11.6 Å². The molecule has 2 rings (SSSR count). The zero-order valence-electron chi connectivity index (χ0n) is 9.53. The monoisotopic (exact) mass is 203 g/mol. The number of hydrogen-bond acceptors (Lipinski definition) is 1. The quantitative estimate of drug-likeness (QED) is 0.686. The first-order valence-electron chi connectivity index (χ1n) is 5.46. The molecule has 1 unspecified atom stereocenters. The molecule has 0 spiro atoms. The summed E-state index contributed by atoms with van der Waals surface area (Å²) < 4.78 is 0. The van der Waals surface area contributed by atoms with E-state index >= 15 is 0 Å². The fourth-order valence-electron chi connectivity index (χ4n) is 2.22. The summed E-state index contributed by atoms with van der Waals surface area (Å²) >= 11 is 0. The van der Waals surface area contributed by atoms with Gasteiger partial charge in [0.15, 0.2) is 0 Å². The van der Waals surface area contributed by atoms with Gasteiger partial charge in [-0.15, -0.1) is 0 Å². The number of nitrogens with zero attached hydrogens (tertiary/aromatic N) is 1. The molecule has 15 heavy (non-hydrogen) atoms. The van der Waals surface area contributed by atoms with Crippen LogP contribution in [0.3, 0.4) is 0 Å². The highest BCUT2D eigenvalue weighted by atomic mass is 16.2. The Morgan fingerprint density at radius 3 is 2.67 bits per heavy atom. The second kappa shape index (κ2) is 3.69. The molecule has 0 bridgehead atoms. The summed E-state index contributed by atoms with van der Waals surface area (Å²) in [5.74, 6) is 0.807. The summed E-state index contributed by atoms with van der Waals surface area (Å²) in [6.07, 6.45) is 0.886. The van der Waals surface area contributed by atoms with E-state index in [1.54, 1.807) is 4.90 Å². The normalized spacial score (nSPS) is 20.7. The zero-order valence-corrected chi connectivity index (χ0v) is 9.53. The molecule has 0 fully saturated rings. The average Bonchev–Trinajstić information content (AvgIpc) is 2.23. The van der Waals surface area contributed by atoms with E-state index in [1.165, 1.54) is 5.56 Å². The summed E-state index contributed by atoms with van der Waals surface area (Å²) in [7, 11) is 1.87. The van der Waals surface area contributed by atoms with Crippen LogP contribution in [0.25, 0.3) is 0 Å². The number of para-hydroxylation sites is 1. The molecule has 0 aliphatic carbocycles. The van der Waals surface area contributed by atoms with Crippen LogP contribution in [-0.4, -0.2) is 13.0 Å². The predicted octanol–water partition coefficient (Wildman–Crippen LogP) is 2.48. The minimum absolute atomic E-state index is 0.143. The van der Waals surface area contributed by atoms with Crippen LogP contribution in [0.4, 0.5) is 5.69 Å². The summed E-state index contributed by atoms with van der Waals surface area (Å²) in [5.41, 5.74) is 2.36. The van der Waals surface area contributed by atoms with Crippen LogP contribution in [0, 0.1) is 11.8 Å². The summed E-state index contributed by atoms with van der Waals surface area (Å²) in [5, 5.41) is 0. The number of benzene rings is 1. The lowest BCUT2D eigenvalue weighted by Gasteiger charge is -2.33. The van der Waals surface area contributed by atoms with E-state index in [-0.39, 0.29) is 11.8 Å². The number of rotatable bonds is 1. The lowest BCUT2D eigenvalue weighted by molar-refractivity contribution is -0.123. The Morgan fingerprint density at radius 1 is 1.33 bits per heavy atom. The van der Waals surface area contributed by atoms with Gasteiger partial charge >= 0.3 is 0 Å². The van der Waals surface area contributed by atoms with E-state index in [1.807, 2.05) is 25.2 Å². The minimum Gasteiger partial charge on any atom is -0.315 e. The Hall–Kier alpha value is -1.31. The Kier molecular flexibility index (Phi) is 2.51. The van der Waals surface area contributed by atoms with Crippen molar-refractivity contribution in [3.8, 4) is 0 Å². The SMILES string of the molecule is CC(C)C1Cc2ccccc2N(C)C1=O. The highest BCUT2D eigenvalue weighted by molar-refractivity contribution is 5.97. The Balaban J connectivity index is 2.41. The third-order valence-electron chi connectivity index (χ3n) is 3.25. The van der Waals surface area contributed by atoms with Crippen molar-refractivity contribution in [2.75, 3.05) is 11.9 Å². The fourth-order valence-corrected chi connectivity index (χ4v) is 2.22. The van der Waals surface area contributed by atoms with Crippen molar-refractivity contribution in [3.63, 3.8) is 0 Å². The van der Waals surface area contributed by atoms with Gasteiger partial charge in [0, 0.05) is 18.7 Å². The van der Waals surface area contributed by atoms with Gasteiger partial charge in [0.2, 0.25) is 5.91 Å². The second-order valence-electron chi connectivity index (χ2n) is 4.58. The summed E-state index contributed by atoms with van der Waals surface area (Å²) in [4.78, 5) is 13.9. The number of fused-ring (bicyclic) bond motifs is 1. The third kappa shape index (κ3) is 1.65. The van der Waals surface area contributed by atoms with Gasteiger partial charge in [-0.25, -0.2) is 0 Å². The molecule has 1 aliphatic heterocycles. The van der Waals surface area contributed by atoms with Crippen molar-refractivity contribution in [2.24, 2.45) is 11.8 Å². The minimum atomic E-state index is 0.143. The van der Waals surface area contributed by atoms with E-state index in [2.05, 4.69) is 19.9 Å². The maximum atomic E-state index is 12.1. The topological polar surface area (TPSA) is 20.3 Å². The molecule has 0 saturated carbocycles. The summed E-state index contributed by atoms with van der Waals surface area (Å²) in [6, 6.07) is 8.16. The smallest absolute Gasteiger partial charge is 0.230 e. The number of carbonyl (C=O) groups is 1. The largest absolute Gasteiger partial charge is 0.315 e. The van der Waals surface area contributed by atoms with Gasteiger partial charge in [0.1, 0.15) is 0 Å². The molecular formula is C13H17NO. The Labute approximate surface area is 90.9 Å². The molecule has 0 saturated heterocycles. The second-order valence-corrected chi connectivity index (χ2v) is 4.58. The average molecular weight is 203 g/mol. The van der Waals surface area contributed by atoms with Crippen LogP contribution in [0.1, 0.15) is 19.4 Å². The molecule has 0 N–H and O–H groups in total. The summed E-state index contributed by atoms with van der Waals surface area (Å²) in [6.45, 7) is 4.23. The molecule has 1 amide bonds. The zero-order chi connectivity index (χ0) is 11.0. The molecule has 1 aromatic carbocycles.